The zero-order valence-electron chi connectivity index (χ0n) is 13.1. The molecule has 3 nitrogen and oxygen atoms in total. The first-order chi connectivity index (χ1) is 10.2. The van der Waals surface area contributed by atoms with Crippen molar-refractivity contribution < 1.29 is 14.2 Å². The highest BCUT2D eigenvalue weighted by Gasteiger charge is 2.18. The molecular formula is C18H22O3. The molecule has 0 aliphatic heterocycles. The van der Waals surface area contributed by atoms with Gasteiger partial charge >= 0.3 is 0 Å². The first kappa shape index (κ1) is 15.2. The maximum Gasteiger partial charge on any atom is 0.203 e. The van der Waals surface area contributed by atoms with E-state index in [9.17, 15) is 0 Å². The number of rotatable bonds is 6. The van der Waals surface area contributed by atoms with Crippen LogP contribution in [0.15, 0.2) is 42.5 Å². The van der Waals surface area contributed by atoms with Gasteiger partial charge in [-0.1, -0.05) is 37.3 Å². The Morgan fingerprint density at radius 1 is 0.810 bits per heavy atom. The molecule has 1 atom stereocenters. The smallest absolute Gasteiger partial charge is 0.203 e. The summed E-state index contributed by atoms with van der Waals surface area (Å²) in [5, 5.41) is 0. The maximum absolute atomic E-state index is 5.44. The molecule has 0 saturated heterocycles. The van der Waals surface area contributed by atoms with E-state index in [2.05, 4.69) is 31.2 Å². The third-order valence-electron chi connectivity index (χ3n) is 3.70. The molecule has 21 heavy (non-hydrogen) atoms. The van der Waals surface area contributed by atoms with Gasteiger partial charge in [-0.3, -0.25) is 0 Å². The summed E-state index contributed by atoms with van der Waals surface area (Å²) in [6, 6.07) is 14.5. The van der Waals surface area contributed by atoms with E-state index < -0.39 is 0 Å². The predicted molar refractivity (Wildman–Crippen MR) is 84.7 cm³/mol. The van der Waals surface area contributed by atoms with Crippen LogP contribution in [0, 0.1) is 0 Å². The molecule has 112 valence electrons. The molecule has 2 rings (SSSR count). The first-order valence-electron chi connectivity index (χ1n) is 7.10. The van der Waals surface area contributed by atoms with Crippen molar-refractivity contribution in [2.24, 2.45) is 0 Å². The molecule has 0 aromatic heterocycles. The number of hydrogen-bond donors (Lipinski definition) is 0. The van der Waals surface area contributed by atoms with Crippen LogP contribution in [0.1, 0.15) is 30.4 Å². The molecular weight excluding hydrogens is 264 g/mol. The van der Waals surface area contributed by atoms with Crippen molar-refractivity contribution in [3.63, 3.8) is 0 Å². The summed E-state index contributed by atoms with van der Waals surface area (Å²) in [7, 11) is 4.91. The van der Waals surface area contributed by atoms with Gasteiger partial charge in [-0.05, 0) is 29.7 Å². The Hall–Kier alpha value is -2.16. The highest BCUT2D eigenvalue weighted by molar-refractivity contribution is 5.55. The number of benzene rings is 2. The third kappa shape index (κ3) is 3.13. The first-order valence-corrected chi connectivity index (χ1v) is 7.10. The Bertz CT molecular complexity index is 553. The van der Waals surface area contributed by atoms with Gasteiger partial charge in [-0.2, -0.15) is 0 Å². The third-order valence-corrected chi connectivity index (χ3v) is 3.70. The minimum absolute atomic E-state index is 0.305. The van der Waals surface area contributed by atoms with Crippen LogP contribution in [0.3, 0.4) is 0 Å². The van der Waals surface area contributed by atoms with E-state index in [1.807, 2.05) is 18.2 Å². The van der Waals surface area contributed by atoms with E-state index in [4.69, 9.17) is 14.2 Å². The van der Waals surface area contributed by atoms with Crippen molar-refractivity contribution in [3.05, 3.63) is 53.6 Å². The van der Waals surface area contributed by atoms with Crippen molar-refractivity contribution in [3.8, 4) is 17.2 Å². The fourth-order valence-corrected chi connectivity index (χ4v) is 2.65. The molecule has 2 aromatic carbocycles. The van der Waals surface area contributed by atoms with Gasteiger partial charge in [0.25, 0.3) is 0 Å². The zero-order valence-corrected chi connectivity index (χ0v) is 13.1. The van der Waals surface area contributed by atoms with Crippen LogP contribution in [0.2, 0.25) is 0 Å². The molecule has 0 N–H and O–H groups in total. The topological polar surface area (TPSA) is 27.7 Å². The molecule has 0 aliphatic rings. The lowest BCUT2D eigenvalue weighted by atomic mass is 9.89. The Morgan fingerprint density at radius 2 is 1.38 bits per heavy atom. The molecule has 0 aliphatic carbocycles. The van der Waals surface area contributed by atoms with Crippen LogP contribution in [0.4, 0.5) is 0 Å². The van der Waals surface area contributed by atoms with Gasteiger partial charge < -0.3 is 14.2 Å². The highest BCUT2D eigenvalue weighted by atomic mass is 16.5. The molecule has 0 radical (unpaired) electrons. The van der Waals surface area contributed by atoms with E-state index >= 15 is 0 Å². The fraction of sp³-hybridized carbons (Fsp3) is 0.333. The van der Waals surface area contributed by atoms with Crippen molar-refractivity contribution in [2.75, 3.05) is 21.3 Å². The summed E-state index contributed by atoms with van der Waals surface area (Å²) >= 11 is 0. The Labute approximate surface area is 126 Å². The van der Waals surface area contributed by atoms with Gasteiger partial charge in [0.2, 0.25) is 5.75 Å². The largest absolute Gasteiger partial charge is 0.493 e. The van der Waals surface area contributed by atoms with E-state index in [1.165, 1.54) is 11.1 Å². The summed E-state index contributed by atoms with van der Waals surface area (Å²) in [6.45, 7) is 2.18. The number of ether oxygens (including phenoxy) is 3. The lowest BCUT2D eigenvalue weighted by molar-refractivity contribution is 0.323. The van der Waals surface area contributed by atoms with Gasteiger partial charge in [-0.25, -0.2) is 0 Å². The monoisotopic (exact) mass is 286 g/mol. The van der Waals surface area contributed by atoms with Crippen molar-refractivity contribution in [2.45, 2.75) is 19.3 Å². The summed E-state index contributed by atoms with van der Waals surface area (Å²) in [6.07, 6.45) is 1.00. The molecule has 0 fully saturated rings. The van der Waals surface area contributed by atoms with Crippen LogP contribution < -0.4 is 14.2 Å². The zero-order chi connectivity index (χ0) is 15.2. The van der Waals surface area contributed by atoms with E-state index in [1.54, 1.807) is 21.3 Å². The van der Waals surface area contributed by atoms with Crippen LogP contribution in [0.5, 0.6) is 17.2 Å². The number of methoxy groups -OCH3 is 3. The van der Waals surface area contributed by atoms with Crippen molar-refractivity contribution >= 4 is 0 Å². The summed E-state index contributed by atoms with van der Waals surface area (Å²) in [4.78, 5) is 0. The minimum atomic E-state index is 0.305. The van der Waals surface area contributed by atoms with Gasteiger partial charge in [-0.15, -0.1) is 0 Å². The van der Waals surface area contributed by atoms with Crippen LogP contribution in [0.25, 0.3) is 0 Å². The van der Waals surface area contributed by atoms with Crippen LogP contribution >= 0.6 is 0 Å². The van der Waals surface area contributed by atoms with Gasteiger partial charge in [0, 0.05) is 5.92 Å². The van der Waals surface area contributed by atoms with Gasteiger partial charge in [0.05, 0.1) is 21.3 Å². The SMILES string of the molecule is CCC(c1ccccc1)c1cc(OC)c(OC)c(OC)c1. The minimum Gasteiger partial charge on any atom is -0.493 e. The van der Waals surface area contributed by atoms with E-state index in [0.29, 0.717) is 23.2 Å². The second kappa shape index (κ2) is 7.02. The second-order valence-electron chi connectivity index (χ2n) is 4.83. The molecule has 2 aromatic rings. The molecule has 3 heteroatoms. The molecule has 0 bridgehead atoms. The summed E-state index contributed by atoms with van der Waals surface area (Å²) in [5.74, 6) is 2.33. The summed E-state index contributed by atoms with van der Waals surface area (Å²) < 4.78 is 16.3. The van der Waals surface area contributed by atoms with E-state index in [0.717, 1.165) is 6.42 Å². The Kier molecular flexibility index (Phi) is 5.09. The lowest BCUT2D eigenvalue weighted by Gasteiger charge is -2.20. The Morgan fingerprint density at radius 3 is 1.81 bits per heavy atom. The standard InChI is InChI=1S/C18H22O3/c1-5-15(13-9-7-6-8-10-13)14-11-16(19-2)18(21-4)17(12-14)20-3/h6-12,15H,5H2,1-4H3. The lowest BCUT2D eigenvalue weighted by Crippen LogP contribution is -2.02. The molecule has 0 saturated carbocycles. The molecule has 0 amide bonds. The molecule has 1 unspecified atom stereocenters. The van der Waals surface area contributed by atoms with Crippen LogP contribution in [-0.4, -0.2) is 21.3 Å². The number of hydrogen-bond acceptors (Lipinski definition) is 3. The van der Waals surface area contributed by atoms with Crippen molar-refractivity contribution in [1.29, 1.82) is 0 Å². The van der Waals surface area contributed by atoms with Gasteiger partial charge in [0.1, 0.15) is 0 Å². The Balaban J connectivity index is 2.52. The fourth-order valence-electron chi connectivity index (χ4n) is 2.65. The van der Waals surface area contributed by atoms with Crippen molar-refractivity contribution in [1.82, 2.24) is 0 Å². The van der Waals surface area contributed by atoms with Gasteiger partial charge in [0.15, 0.2) is 11.5 Å². The average Bonchev–Trinajstić information content (AvgIpc) is 2.55. The summed E-state index contributed by atoms with van der Waals surface area (Å²) in [5.41, 5.74) is 2.45. The maximum atomic E-state index is 5.44. The predicted octanol–water partition coefficient (Wildman–Crippen LogP) is 4.25. The van der Waals surface area contributed by atoms with Crippen LogP contribution in [-0.2, 0) is 0 Å². The normalized spacial score (nSPS) is 11.8. The second-order valence-corrected chi connectivity index (χ2v) is 4.83. The average molecular weight is 286 g/mol. The quantitative estimate of drug-likeness (QED) is 0.794. The molecule has 0 spiro atoms. The highest BCUT2D eigenvalue weighted by Crippen LogP contribution is 2.41. The molecule has 0 heterocycles. The van der Waals surface area contributed by atoms with E-state index in [-0.39, 0.29) is 0 Å².